The molecule has 7 heteroatoms. The highest BCUT2D eigenvalue weighted by molar-refractivity contribution is 14.1. The van der Waals surface area contributed by atoms with Crippen molar-refractivity contribution in [2.24, 2.45) is 5.10 Å². The van der Waals surface area contributed by atoms with Gasteiger partial charge in [0.2, 0.25) is 5.91 Å². The Bertz CT molecular complexity index is 1350. The van der Waals surface area contributed by atoms with Crippen molar-refractivity contribution in [1.29, 1.82) is 0 Å². The quantitative estimate of drug-likeness (QED) is 0.0938. The molecule has 4 rings (SSSR count). The first-order chi connectivity index (χ1) is 16.0. The summed E-state index contributed by atoms with van der Waals surface area (Å²) < 4.78 is 7.25. The van der Waals surface area contributed by atoms with E-state index in [4.69, 9.17) is 4.74 Å². The molecule has 164 valence electrons. The molecule has 5 nitrogen and oxygen atoms in total. The fourth-order valence-electron chi connectivity index (χ4n) is 3.28. The minimum Gasteiger partial charge on any atom is -0.423 e. The number of carbonyl (C=O) groups is 2. The number of hydrazone groups is 1. The summed E-state index contributed by atoms with van der Waals surface area (Å²) in [7, 11) is 0. The first-order valence-corrected chi connectivity index (χ1v) is 11.9. The maximum Gasteiger partial charge on any atom is 0.344 e. The van der Waals surface area contributed by atoms with Gasteiger partial charge in [-0.05, 0) is 87.0 Å². The number of rotatable bonds is 6. The van der Waals surface area contributed by atoms with E-state index in [9.17, 15) is 9.59 Å². The van der Waals surface area contributed by atoms with Gasteiger partial charge in [-0.25, -0.2) is 10.2 Å². The molecule has 0 saturated heterocycles. The minimum absolute atomic E-state index is 0.207. The van der Waals surface area contributed by atoms with Crippen LogP contribution in [0.5, 0.6) is 5.75 Å². The number of esters is 1. The highest BCUT2D eigenvalue weighted by atomic mass is 127. The predicted octanol–water partition coefficient (Wildman–Crippen LogP) is 6.12. The average molecular weight is 613 g/mol. The number of benzene rings is 4. The highest BCUT2D eigenvalue weighted by Crippen LogP contribution is 2.27. The molecule has 0 fully saturated rings. The Morgan fingerprint density at radius 3 is 2.36 bits per heavy atom. The molecule has 0 aliphatic heterocycles. The summed E-state index contributed by atoms with van der Waals surface area (Å²) in [5, 5.41) is 6.14. The summed E-state index contributed by atoms with van der Waals surface area (Å²) >= 11 is 5.65. The molecule has 0 radical (unpaired) electrons. The van der Waals surface area contributed by atoms with Crippen molar-refractivity contribution >= 4 is 67.4 Å². The van der Waals surface area contributed by atoms with Crippen LogP contribution in [-0.2, 0) is 11.2 Å². The summed E-state index contributed by atoms with van der Waals surface area (Å²) in [5.74, 6) is -0.182. The van der Waals surface area contributed by atoms with E-state index in [1.807, 2.05) is 48.5 Å². The molecular weight excluding hydrogens is 595 g/mol. The van der Waals surface area contributed by atoms with Gasteiger partial charge in [0.25, 0.3) is 0 Å². The lowest BCUT2D eigenvalue weighted by molar-refractivity contribution is -0.120. The third-order valence-corrected chi connectivity index (χ3v) is 6.53. The van der Waals surface area contributed by atoms with E-state index in [1.54, 1.807) is 42.6 Å². The molecule has 0 saturated carbocycles. The molecule has 4 aromatic rings. The molecule has 0 aromatic heterocycles. The van der Waals surface area contributed by atoms with E-state index in [2.05, 4.69) is 49.0 Å². The van der Waals surface area contributed by atoms with Crippen LogP contribution in [0.25, 0.3) is 10.8 Å². The van der Waals surface area contributed by atoms with Gasteiger partial charge < -0.3 is 4.74 Å². The van der Waals surface area contributed by atoms with Crippen LogP contribution >= 0.6 is 38.5 Å². The van der Waals surface area contributed by atoms with Gasteiger partial charge in [0.15, 0.2) is 0 Å². The van der Waals surface area contributed by atoms with Gasteiger partial charge >= 0.3 is 5.97 Å². The van der Waals surface area contributed by atoms with Crippen LogP contribution < -0.4 is 10.2 Å². The molecule has 33 heavy (non-hydrogen) atoms. The fraction of sp³-hybridized carbons (Fsp3) is 0.0385. The number of hydrogen-bond acceptors (Lipinski definition) is 4. The number of halogens is 2. The molecule has 4 aromatic carbocycles. The minimum atomic E-state index is -0.408. The molecule has 1 N–H and O–H groups in total. The van der Waals surface area contributed by atoms with Crippen molar-refractivity contribution in [3.63, 3.8) is 0 Å². The van der Waals surface area contributed by atoms with Crippen LogP contribution in [0.15, 0.2) is 94.5 Å². The number of carbonyl (C=O) groups excluding carboxylic acids is 2. The molecule has 0 aliphatic rings. The SMILES string of the molecule is O=C(Cc1ccc(Br)c2ccccc12)N/N=C\c1ccc(OC(=O)c2ccccc2I)cc1. The zero-order valence-corrected chi connectivity index (χ0v) is 21.0. The van der Waals surface area contributed by atoms with Crippen LogP contribution in [0, 0.1) is 3.57 Å². The van der Waals surface area contributed by atoms with E-state index in [1.165, 1.54) is 0 Å². The van der Waals surface area contributed by atoms with Crippen molar-refractivity contribution < 1.29 is 14.3 Å². The van der Waals surface area contributed by atoms with Crippen LogP contribution in [-0.4, -0.2) is 18.1 Å². The number of ether oxygens (including phenoxy) is 1. The second kappa shape index (κ2) is 10.7. The Balaban J connectivity index is 1.34. The Morgan fingerprint density at radius 2 is 1.61 bits per heavy atom. The van der Waals surface area contributed by atoms with E-state index in [0.29, 0.717) is 11.3 Å². The zero-order chi connectivity index (χ0) is 23.2. The van der Waals surface area contributed by atoms with Crippen LogP contribution in [0.2, 0.25) is 0 Å². The molecule has 1 amide bonds. The highest BCUT2D eigenvalue weighted by Gasteiger charge is 2.12. The topological polar surface area (TPSA) is 67.8 Å². The predicted molar refractivity (Wildman–Crippen MR) is 142 cm³/mol. The van der Waals surface area contributed by atoms with Gasteiger partial charge in [-0.2, -0.15) is 5.10 Å². The standard InChI is InChI=1S/C26H18BrIN2O3/c27-23-14-11-18(20-5-1-2-6-21(20)23)15-25(31)30-29-16-17-9-12-19(13-10-17)33-26(32)22-7-3-4-8-24(22)28/h1-14,16H,15H2,(H,30,31)/b29-16-. The third kappa shape index (κ3) is 5.85. The van der Waals surface area contributed by atoms with Crippen LogP contribution in [0.4, 0.5) is 0 Å². The van der Waals surface area contributed by atoms with Crippen LogP contribution in [0.1, 0.15) is 21.5 Å². The summed E-state index contributed by atoms with van der Waals surface area (Å²) in [6.45, 7) is 0. The monoisotopic (exact) mass is 612 g/mol. The maximum atomic E-state index is 12.4. The third-order valence-electron chi connectivity index (χ3n) is 4.90. The Hall–Kier alpha value is -3.04. The van der Waals surface area contributed by atoms with Gasteiger partial charge in [-0.15, -0.1) is 0 Å². The van der Waals surface area contributed by atoms with Gasteiger partial charge in [0, 0.05) is 8.04 Å². The summed E-state index contributed by atoms with van der Waals surface area (Å²) in [6, 6.07) is 26.0. The number of amides is 1. The van der Waals surface area contributed by atoms with Crippen LogP contribution in [0.3, 0.4) is 0 Å². The molecule has 0 bridgehead atoms. The maximum absolute atomic E-state index is 12.4. The summed E-state index contributed by atoms with van der Waals surface area (Å²) in [5.41, 5.74) is 4.78. The van der Waals surface area contributed by atoms with Gasteiger partial charge in [0.1, 0.15) is 5.75 Å². The lowest BCUT2D eigenvalue weighted by Gasteiger charge is -2.07. The molecular formula is C26H18BrIN2O3. The van der Waals surface area contributed by atoms with Gasteiger partial charge in [-0.3, -0.25) is 4.79 Å². The lowest BCUT2D eigenvalue weighted by Crippen LogP contribution is -2.19. The average Bonchev–Trinajstić information content (AvgIpc) is 2.82. The summed E-state index contributed by atoms with van der Waals surface area (Å²) in [6.07, 6.45) is 1.77. The van der Waals surface area contributed by atoms with Crippen molar-refractivity contribution in [2.45, 2.75) is 6.42 Å². The molecule has 0 heterocycles. The second-order valence-electron chi connectivity index (χ2n) is 7.16. The molecule has 0 atom stereocenters. The number of fused-ring (bicyclic) bond motifs is 1. The van der Waals surface area contributed by atoms with E-state index in [0.717, 1.165) is 29.9 Å². The van der Waals surface area contributed by atoms with E-state index < -0.39 is 5.97 Å². The van der Waals surface area contributed by atoms with Crippen molar-refractivity contribution in [1.82, 2.24) is 5.43 Å². The smallest absolute Gasteiger partial charge is 0.344 e. The number of nitrogens with one attached hydrogen (secondary N) is 1. The Morgan fingerprint density at radius 1 is 0.909 bits per heavy atom. The van der Waals surface area contributed by atoms with Gasteiger partial charge in [-0.1, -0.05) is 58.4 Å². The first kappa shape index (κ1) is 23.1. The molecule has 0 aliphatic carbocycles. The normalized spacial score (nSPS) is 11.0. The number of hydrogen-bond donors (Lipinski definition) is 1. The lowest BCUT2D eigenvalue weighted by atomic mass is 10.0. The van der Waals surface area contributed by atoms with Gasteiger partial charge in [0.05, 0.1) is 18.2 Å². The van der Waals surface area contributed by atoms with Crippen molar-refractivity contribution in [3.8, 4) is 5.75 Å². The Labute approximate surface area is 213 Å². The zero-order valence-electron chi connectivity index (χ0n) is 17.3. The van der Waals surface area contributed by atoms with Crippen molar-refractivity contribution in [2.75, 3.05) is 0 Å². The number of nitrogens with zero attached hydrogens (tertiary/aromatic N) is 1. The van der Waals surface area contributed by atoms with Crippen molar-refractivity contribution in [3.05, 3.63) is 110 Å². The largest absolute Gasteiger partial charge is 0.423 e. The molecule has 0 unspecified atom stereocenters. The van der Waals surface area contributed by atoms with E-state index in [-0.39, 0.29) is 12.3 Å². The second-order valence-corrected chi connectivity index (χ2v) is 9.18. The Kier molecular flexibility index (Phi) is 7.51. The first-order valence-electron chi connectivity index (χ1n) is 10.1. The molecule has 0 spiro atoms. The fourth-order valence-corrected chi connectivity index (χ4v) is 4.37. The van der Waals surface area contributed by atoms with E-state index >= 15 is 0 Å². The summed E-state index contributed by atoms with van der Waals surface area (Å²) in [4.78, 5) is 24.7.